The quantitative estimate of drug-likeness (QED) is 0.164. The summed E-state index contributed by atoms with van der Waals surface area (Å²) < 4.78 is 63.8. The van der Waals surface area contributed by atoms with Crippen LogP contribution < -0.4 is 19.9 Å². The van der Waals surface area contributed by atoms with Crippen LogP contribution in [0.3, 0.4) is 0 Å². The molecule has 0 aliphatic heterocycles. The molecule has 2 heterocycles. The van der Waals surface area contributed by atoms with E-state index in [-0.39, 0.29) is 67.7 Å². The predicted molar refractivity (Wildman–Crippen MR) is 190 cm³/mol. The first kappa shape index (κ1) is 35.6. The van der Waals surface area contributed by atoms with E-state index >= 15 is 0 Å². The fraction of sp³-hybridized carbons (Fsp3) is 0.176. The third kappa shape index (κ3) is 7.04. The van der Waals surface area contributed by atoms with E-state index in [0.29, 0.717) is 17.4 Å². The van der Waals surface area contributed by atoms with Gasteiger partial charge in [-0.1, -0.05) is 41.4 Å². The van der Waals surface area contributed by atoms with Crippen LogP contribution in [0.25, 0.3) is 27.5 Å². The summed E-state index contributed by atoms with van der Waals surface area (Å²) in [4.78, 5) is 31.3. The maximum absolute atomic E-state index is 14.5. The molecule has 0 aliphatic rings. The van der Waals surface area contributed by atoms with Crippen LogP contribution in [0.1, 0.15) is 23.0 Å². The lowest BCUT2D eigenvalue weighted by molar-refractivity contribution is 0.189. The highest BCUT2D eigenvalue weighted by molar-refractivity contribution is 7.92. The number of amides is 1. The Hall–Kier alpha value is -5.25. The second-order valence-electron chi connectivity index (χ2n) is 11.6. The molecule has 264 valence electrons. The molecule has 1 atom stereocenters. The Morgan fingerprint density at radius 1 is 1.00 bits per heavy atom. The second-order valence-corrected chi connectivity index (χ2v) is 14.3. The van der Waals surface area contributed by atoms with Gasteiger partial charge in [0, 0.05) is 19.5 Å². The number of halogens is 4. The van der Waals surface area contributed by atoms with Gasteiger partial charge in [-0.15, -0.1) is 0 Å². The average Bonchev–Trinajstić information content (AvgIpc) is 3.40. The maximum atomic E-state index is 14.5. The van der Waals surface area contributed by atoms with Crippen molar-refractivity contribution in [3.63, 3.8) is 0 Å². The molecule has 0 aliphatic carbocycles. The highest BCUT2D eigenvalue weighted by Gasteiger charge is 2.30. The van der Waals surface area contributed by atoms with Crippen molar-refractivity contribution >= 4 is 66.9 Å². The molecule has 4 aromatic carbocycles. The Balaban J connectivity index is 1.63. The van der Waals surface area contributed by atoms with Crippen molar-refractivity contribution in [1.82, 2.24) is 24.6 Å². The topological polar surface area (TPSA) is 149 Å². The summed E-state index contributed by atoms with van der Waals surface area (Å²) in [6, 6.07) is 15.6. The fourth-order valence-electron chi connectivity index (χ4n) is 5.93. The number of rotatable bonds is 10. The molecular weight excluding hydrogens is 729 g/mol. The number of carboxylic acid groups (broad SMARTS) is 1. The maximum Gasteiger partial charge on any atom is 0.405 e. The zero-order chi connectivity index (χ0) is 36.8. The summed E-state index contributed by atoms with van der Waals surface area (Å²) in [6.07, 6.45) is -0.809. The molecule has 0 bridgehead atoms. The second kappa shape index (κ2) is 13.8. The van der Waals surface area contributed by atoms with E-state index in [0.717, 1.165) is 27.3 Å². The van der Waals surface area contributed by atoms with Gasteiger partial charge in [-0.3, -0.25) is 14.0 Å². The number of nitrogens with one attached hydrogen (secondary N) is 1. The van der Waals surface area contributed by atoms with Crippen molar-refractivity contribution in [3.05, 3.63) is 122 Å². The first-order valence-electron chi connectivity index (χ1n) is 15.1. The largest absolute Gasteiger partial charge is 0.497 e. The molecule has 1 amide bonds. The summed E-state index contributed by atoms with van der Waals surface area (Å²) in [7, 11) is -0.960. The van der Waals surface area contributed by atoms with Crippen LogP contribution in [0.2, 0.25) is 10.0 Å². The Bertz CT molecular complexity index is 2490. The number of aromatic nitrogens is 4. The number of ether oxygens (including phenoxy) is 1. The van der Waals surface area contributed by atoms with Gasteiger partial charge in [-0.25, -0.2) is 31.3 Å². The Morgan fingerprint density at radius 3 is 2.29 bits per heavy atom. The standard InChI is InChI=1S/C34H28Cl2F2N6O6S/c1-42-30-27(12-11-24(36)29(30)32(41-42)43(51(3,48)49)17-18-7-9-22(50-2)10-8-18)44-31(39-25-6-4-5-23(35)28(25)33(44)45)26(40-34(46)47)15-19-13-20(37)16-21(38)14-19/h4-14,16,26,40H,15,17H2,1-3H3,(H,46,47)/t26-/m0/s1. The molecule has 0 saturated carbocycles. The van der Waals surface area contributed by atoms with Crippen LogP contribution >= 0.6 is 23.2 Å². The van der Waals surface area contributed by atoms with Gasteiger partial charge in [-0.05, 0) is 59.7 Å². The van der Waals surface area contributed by atoms with Crippen LogP contribution in [0.5, 0.6) is 5.75 Å². The monoisotopic (exact) mass is 756 g/mol. The van der Waals surface area contributed by atoms with Crippen molar-refractivity contribution in [2.75, 3.05) is 17.7 Å². The van der Waals surface area contributed by atoms with Crippen molar-refractivity contribution in [2.24, 2.45) is 7.05 Å². The van der Waals surface area contributed by atoms with Gasteiger partial charge >= 0.3 is 6.09 Å². The molecule has 6 rings (SSSR count). The zero-order valence-corrected chi connectivity index (χ0v) is 29.4. The number of benzene rings is 4. The van der Waals surface area contributed by atoms with Crippen LogP contribution in [0, 0.1) is 11.6 Å². The van der Waals surface area contributed by atoms with Crippen molar-refractivity contribution in [1.29, 1.82) is 0 Å². The van der Waals surface area contributed by atoms with E-state index in [1.165, 1.54) is 43.1 Å². The van der Waals surface area contributed by atoms with Crippen LogP contribution in [0.4, 0.5) is 19.4 Å². The molecule has 17 heteroatoms. The Labute approximate surface area is 299 Å². The SMILES string of the molecule is COc1ccc(CN(c2nn(C)c3c(-n4c([C@H](Cc5cc(F)cc(F)c5)NC(=O)O)nc5cccc(Cl)c5c4=O)ccc(Cl)c23)S(C)(=O)=O)cc1. The lowest BCUT2D eigenvalue weighted by atomic mass is 10.0. The van der Waals surface area contributed by atoms with Crippen LogP contribution in [-0.4, -0.2) is 52.3 Å². The molecular formula is C34H28Cl2F2N6O6S. The van der Waals surface area contributed by atoms with Crippen molar-refractivity contribution < 1.29 is 31.8 Å². The molecule has 2 N–H and O–H groups in total. The van der Waals surface area contributed by atoms with E-state index in [9.17, 15) is 31.9 Å². The summed E-state index contributed by atoms with van der Waals surface area (Å²) in [5.41, 5.74) is 0.363. The van der Waals surface area contributed by atoms with Gasteiger partial charge < -0.3 is 15.2 Å². The smallest absolute Gasteiger partial charge is 0.405 e. The lowest BCUT2D eigenvalue weighted by Crippen LogP contribution is -2.35. The Morgan fingerprint density at radius 2 is 1.67 bits per heavy atom. The normalized spacial score (nSPS) is 12.3. The fourth-order valence-corrected chi connectivity index (χ4v) is 7.25. The molecule has 0 saturated heterocycles. The average molecular weight is 758 g/mol. The van der Waals surface area contributed by atoms with Gasteiger partial charge in [0.15, 0.2) is 5.82 Å². The van der Waals surface area contributed by atoms with Crippen LogP contribution in [0.15, 0.2) is 77.6 Å². The van der Waals surface area contributed by atoms with E-state index < -0.39 is 39.4 Å². The highest BCUT2D eigenvalue weighted by atomic mass is 35.5. The van der Waals surface area contributed by atoms with Gasteiger partial charge in [0.2, 0.25) is 10.0 Å². The third-order valence-corrected chi connectivity index (χ3v) is 9.84. The number of methoxy groups -OCH3 is 1. The summed E-state index contributed by atoms with van der Waals surface area (Å²) >= 11 is 13.3. The first-order valence-corrected chi connectivity index (χ1v) is 17.7. The summed E-state index contributed by atoms with van der Waals surface area (Å²) in [5.74, 6) is -1.41. The Kier molecular flexibility index (Phi) is 9.63. The van der Waals surface area contributed by atoms with Gasteiger partial charge in [-0.2, -0.15) is 5.10 Å². The van der Waals surface area contributed by atoms with Crippen molar-refractivity contribution in [3.8, 4) is 11.4 Å². The predicted octanol–water partition coefficient (Wildman–Crippen LogP) is 6.38. The van der Waals surface area contributed by atoms with E-state index in [2.05, 4.69) is 15.4 Å². The van der Waals surface area contributed by atoms with E-state index in [4.69, 9.17) is 27.9 Å². The molecule has 51 heavy (non-hydrogen) atoms. The van der Waals surface area contributed by atoms with Crippen LogP contribution in [-0.2, 0) is 30.0 Å². The number of sulfonamides is 1. The molecule has 12 nitrogen and oxygen atoms in total. The number of anilines is 1. The number of nitrogens with zero attached hydrogens (tertiary/aromatic N) is 5. The molecule has 0 fully saturated rings. The molecule has 0 spiro atoms. The minimum Gasteiger partial charge on any atom is -0.497 e. The van der Waals surface area contributed by atoms with Gasteiger partial charge in [0.05, 0.1) is 63.5 Å². The molecule has 0 unspecified atom stereocenters. The number of carbonyl (C=O) groups is 1. The van der Waals surface area contributed by atoms with Crippen molar-refractivity contribution in [2.45, 2.75) is 19.0 Å². The summed E-state index contributed by atoms with van der Waals surface area (Å²) in [6.45, 7) is -0.136. The minimum absolute atomic E-state index is 0.00319. The number of hydrogen-bond acceptors (Lipinski definition) is 7. The van der Waals surface area contributed by atoms with E-state index in [1.54, 1.807) is 30.3 Å². The minimum atomic E-state index is -3.99. The lowest BCUT2D eigenvalue weighted by Gasteiger charge is -2.23. The molecule has 6 aromatic rings. The van der Waals surface area contributed by atoms with Gasteiger partial charge in [0.25, 0.3) is 5.56 Å². The van der Waals surface area contributed by atoms with Gasteiger partial charge in [0.1, 0.15) is 23.2 Å². The zero-order valence-electron chi connectivity index (χ0n) is 27.1. The highest BCUT2D eigenvalue weighted by Crippen LogP contribution is 2.38. The number of hydrogen-bond donors (Lipinski definition) is 2. The molecule has 2 aromatic heterocycles. The number of fused-ring (bicyclic) bond motifs is 2. The molecule has 0 radical (unpaired) electrons. The third-order valence-electron chi connectivity index (χ3n) is 8.10. The first-order chi connectivity index (χ1) is 24.2. The number of aryl methyl sites for hydroxylation is 1. The van der Waals surface area contributed by atoms with E-state index in [1.807, 2.05) is 0 Å². The summed E-state index contributed by atoms with van der Waals surface area (Å²) in [5, 5.41) is 17.0.